The summed E-state index contributed by atoms with van der Waals surface area (Å²) >= 11 is 0. The second-order valence-corrected chi connectivity index (χ2v) is 3.72. The highest BCUT2D eigenvalue weighted by Gasteiger charge is 2.18. The summed E-state index contributed by atoms with van der Waals surface area (Å²) in [6.07, 6.45) is 0.889. The molecule has 1 unspecified atom stereocenters. The van der Waals surface area contributed by atoms with E-state index in [2.05, 4.69) is 11.3 Å². The Labute approximate surface area is 85.8 Å². The first kappa shape index (κ1) is 13.2. The standard InChI is InChI=1S/C11H20O3/c1-8(2)9(3)10(5-6-12)7-11(13)14-4/h8,10,12H,3,5-7H2,1-2,4H3. The summed E-state index contributed by atoms with van der Waals surface area (Å²) in [5.74, 6) is 0.119. The van der Waals surface area contributed by atoms with Crippen molar-refractivity contribution in [3.05, 3.63) is 12.2 Å². The SMILES string of the molecule is C=C(C(C)C)C(CCO)CC(=O)OC. The third-order valence-corrected chi connectivity index (χ3v) is 2.38. The molecule has 3 heteroatoms. The van der Waals surface area contributed by atoms with Gasteiger partial charge in [0.25, 0.3) is 0 Å². The van der Waals surface area contributed by atoms with E-state index in [-0.39, 0.29) is 18.5 Å². The van der Waals surface area contributed by atoms with Crippen molar-refractivity contribution in [1.29, 1.82) is 0 Å². The lowest BCUT2D eigenvalue weighted by Crippen LogP contribution is -2.16. The molecule has 0 aromatic carbocycles. The van der Waals surface area contributed by atoms with Crippen LogP contribution in [0.5, 0.6) is 0 Å². The lowest BCUT2D eigenvalue weighted by Gasteiger charge is -2.20. The van der Waals surface area contributed by atoms with Crippen molar-refractivity contribution < 1.29 is 14.6 Å². The summed E-state index contributed by atoms with van der Waals surface area (Å²) in [5.41, 5.74) is 1.00. The average molecular weight is 200 g/mol. The minimum atomic E-state index is -0.245. The van der Waals surface area contributed by atoms with Crippen LogP contribution in [0.2, 0.25) is 0 Å². The van der Waals surface area contributed by atoms with Crippen molar-refractivity contribution in [2.24, 2.45) is 11.8 Å². The molecule has 0 aromatic rings. The number of aliphatic hydroxyl groups excluding tert-OH is 1. The Hall–Kier alpha value is -0.830. The van der Waals surface area contributed by atoms with Crippen molar-refractivity contribution in [2.45, 2.75) is 26.7 Å². The summed E-state index contributed by atoms with van der Waals surface area (Å²) in [6.45, 7) is 8.08. The predicted octanol–water partition coefficient (Wildman–Crippen LogP) is 1.76. The Morgan fingerprint density at radius 2 is 2.07 bits per heavy atom. The fraction of sp³-hybridized carbons (Fsp3) is 0.727. The second kappa shape index (κ2) is 6.60. The quantitative estimate of drug-likeness (QED) is 0.525. The molecule has 0 fully saturated rings. The normalized spacial score (nSPS) is 12.6. The van der Waals surface area contributed by atoms with Gasteiger partial charge in [0.1, 0.15) is 0 Å². The maximum atomic E-state index is 11.1. The van der Waals surface area contributed by atoms with Crippen LogP contribution in [0.1, 0.15) is 26.7 Å². The van der Waals surface area contributed by atoms with Crippen molar-refractivity contribution in [2.75, 3.05) is 13.7 Å². The fourth-order valence-electron chi connectivity index (χ4n) is 1.33. The first-order valence-corrected chi connectivity index (χ1v) is 4.89. The molecule has 1 atom stereocenters. The molecular weight excluding hydrogens is 180 g/mol. The number of ether oxygens (including phenoxy) is 1. The molecule has 3 nitrogen and oxygen atoms in total. The molecule has 0 heterocycles. The zero-order valence-electron chi connectivity index (χ0n) is 9.25. The Morgan fingerprint density at radius 1 is 1.50 bits per heavy atom. The molecule has 0 radical (unpaired) electrons. The molecule has 14 heavy (non-hydrogen) atoms. The molecule has 1 N–H and O–H groups in total. The zero-order valence-corrected chi connectivity index (χ0v) is 9.25. The minimum Gasteiger partial charge on any atom is -0.469 e. The van der Waals surface area contributed by atoms with Gasteiger partial charge in [-0.1, -0.05) is 26.0 Å². The predicted molar refractivity (Wildman–Crippen MR) is 55.8 cm³/mol. The summed E-state index contributed by atoms with van der Waals surface area (Å²) in [6, 6.07) is 0. The van der Waals surface area contributed by atoms with Crippen LogP contribution in [-0.4, -0.2) is 24.8 Å². The lowest BCUT2D eigenvalue weighted by molar-refractivity contribution is -0.141. The van der Waals surface area contributed by atoms with Gasteiger partial charge in [0.15, 0.2) is 0 Å². The topological polar surface area (TPSA) is 46.5 Å². The molecule has 0 aliphatic carbocycles. The Kier molecular flexibility index (Phi) is 6.21. The van der Waals surface area contributed by atoms with E-state index < -0.39 is 0 Å². The van der Waals surface area contributed by atoms with Crippen LogP contribution >= 0.6 is 0 Å². The molecule has 0 amide bonds. The molecule has 0 aromatic heterocycles. The zero-order chi connectivity index (χ0) is 11.1. The van der Waals surface area contributed by atoms with Crippen LogP contribution in [0, 0.1) is 11.8 Å². The van der Waals surface area contributed by atoms with Gasteiger partial charge in [0.2, 0.25) is 0 Å². The number of rotatable bonds is 6. The van der Waals surface area contributed by atoms with Crippen LogP contribution in [0.4, 0.5) is 0 Å². The van der Waals surface area contributed by atoms with Gasteiger partial charge in [-0.05, 0) is 18.3 Å². The first-order chi connectivity index (χ1) is 6.52. The van der Waals surface area contributed by atoms with Crippen LogP contribution in [-0.2, 0) is 9.53 Å². The summed E-state index contributed by atoms with van der Waals surface area (Å²) < 4.78 is 4.60. The number of hydrogen-bond acceptors (Lipinski definition) is 3. The number of aliphatic hydroxyl groups is 1. The van der Waals surface area contributed by atoms with Gasteiger partial charge in [-0.15, -0.1) is 0 Å². The van der Waals surface area contributed by atoms with E-state index in [9.17, 15) is 4.79 Å². The monoisotopic (exact) mass is 200 g/mol. The molecule has 0 saturated carbocycles. The van der Waals surface area contributed by atoms with Gasteiger partial charge in [-0.2, -0.15) is 0 Å². The van der Waals surface area contributed by atoms with E-state index in [0.29, 0.717) is 18.8 Å². The highest BCUT2D eigenvalue weighted by atomic mass is 16.5. The number of allylic oxidation sites excluding steroid dienone is 1. The van der Waals surface area contributed by atoms with Crippen molar-refractivity contribution >= 4 is 5.97 Å². The third kappa shape index (κ3) is 4.42. The van der Waals surface area contributed by atoms with E-state index in [0.717, 1.165) is 5.57 Å². The average Bonchev–Trinajstić information content (AvgIpc) is 2.15. The summed E-state index contributed by atoms with van der Waals surface area (Å²) in [4.78, 5) is 11.1. The molecule has 82 valence electrons. The highest BCUT2D eigenvalue weighted by Crippen LogP contribution is 2.24. The van der Waals surface area contributed by atoms with E-state index in [1.807, 2.05) is 13.8 Å². The van der Waals surface area contributed by atoms with E-state index in [1.54, 1.807) is 0 Å². The smallest absolute Gasteiger partial charge is 0.306 e. The Balaban J connectivity index is 4.28. The molecule has 0 saturated heterocycles. The molecule has 0 aliphatic rings. The largest absolute Gasteiger partial charge is 0.469 e. The van der Waals surface area contributed by atoms with Gasteiger partial charge < -0.3 is 9.84 Å². The first-order valence-electron chi connectivity index (χ1n) is 4.89. The third-order valence-electron chi connectivity index (χ3n) is 2.38. The number of methoxy groups -OCH3 is 1. The number of carbonyl (C=O) groups excluding carboxylic acids is 1. The van der Waals surface area contributed by atoms with Crippen molar-refractivity contribution in [3.8, 4) is 0 Å². The number of carbonyl (C=O) groups is 1. The Morgan fingerprint density at radius 3 is 2.43 bits per heavy atom. The van der Waals surface area contributed by atoms with Crippen LogP contribution in [0.25, 0.3) is 0 Å². The van der Waals surface area contributed by atoms with Gasteiger partial charge in [-0.25, -0.2) is 0 Å². The van der Waals surface area contributed by atoms with E-state index in [4.69, 9.17) is 5.11 Å². The second-order valence-electron chi connectivity index (χ2n) is 3.72. The van der Waals surface area contributed by atoms with E-state index in [1.165, 1.54) is 7.11 Å². The van der Waals surface area contributed by atoms with Crippen LogP contribution < -0.4 is 0 Å². The molecule has 0 spiro atoms. The molecule has 0 rings (SSSR count). The van der Waals surface area contributed by atoms with Crippen molar-refractivity contribution in [1.82, 2.24) is 0 Å². The summed E-state index contributed by atoms with van der Waals surface area (Å²) in [7, 11) is 1.37. The van der Waals surface area contributed by atoms with E-state index >= 15 is 0 Å². The maximum absolute atomic E-state index is 11.1. The Bertz CT molecular complexity index is 197. The molecule has 0 aliphatic heterocycles. The van der Waals surface area contributed by atoms with Crippen LogP contribution in [0.3, 0.4) is 0 Å². The number of hydrogen-bond donors (Lipinski definition) is 1. The van der Waals surface area contributed by atoms with Gasteiger partial charge >= 0.3 is 5.97 Å². The van der Waals surface area contributed by atoms with Crippen molar-refractivity contribution in [3.63, 3.8) is 0 Å². The molecule has 0 bridgehead atoms. The highest BCUT2D eigenvalue weighted by molar-refractivity contribution is 5.69. The fourth-order valence-corrected chi connectivity index (χ4v) is 1.33. The van der Waals surface area contributed by atoms with Gasteiger partial charge in [0.05, 0.1) is 13.5 Å². The maximum Gasteiger partial charge on any atom is 0.306 e. The summed E-state index contributed by atoms with van der Waals surface area (Å²) in [5, 5.41) is 8.86. The number of esters is 1. The van der Waals surface area contributed by atoms with Gasteiger partial charge in [0, 0.05) is 6.61 Å². The minimum absolute atomic E-state index is 0.0347. The van der Waals surface area contributed by atoms with Crippen LogP contribution in [0.15, 0.2) is 12.2 Å². The lowest BCUT2D eigenvalue weighted by atomic mass is 9.87. The van der Waals surface area contributed by atoms with Gasteiger partial charge in [-0.3, -0.25) is 4.79 Å². The molecular formula is C11H20O3.